The van der Waals surface area contributed by atoms with E-state index in [1.807, 2.05) is 19.9 Å². The zero-order valence-corrected chi connectivity index (χ0v) is 19.9. The summed E-state index contributed by atoms with van der Waals surface area (Å²) in [4.78, 5) is 25.5. The third-order valence-corrected chi connectivity index (χ3v) is 6.01. The van der Waals surface area contributed by atoms with Crippen LogP contribution >= 0.6 is 0 Å². The smallest absolute Gasteiger partial charge is 0.262 e. The number of nitriles is 1. The van der Waals surface area contributed by atoms with E-state index in [0.29, 0.717) is 46.9 Å². The minimum atomic E-state index is -0.649. The molecule has 2 aliphatic rings. The van der Waals surface area contributed by atoms with Crippen molar-refractivity contribution >= 4 is 17.4 Å². The highest BCUT2D eigenvalue weighted by Gasteiger charge is 2.43. The number of Topliss-reactive ketones (excluding diaryl/α,β-unsaturated/α-hetero) is 1. The number of ketones is 1. The van der Waals surface area contributed by atoms with Crippen LogP contribution in [0.2, 0.25) is 0 Å². The molecule has 0 saturated heterocycles. The van der Waals surface area contributed by atoms with E-state index in [2.05, 4.69) is 11.4 Å². The van der Waals surface area contributed by atoms with Gasteiger partial charge in [0.1, 0.15) is 28.9 Å². The van der Waals surface area contributed by atoms with E-state index in [4.69, 9.17) is 19.9 Å². The highest BCUT2D eigenvalue weighted by molar-refractivity contribution is 6.00. The van der Waals surface area contributed by atoms with Crippen LogP contribution in [0, 0.1) is 16.7 Å². The molecule has 35 heavy (non-hydrogen) atoms. The fraction of sp³-hybridized carbons (Fsp3) is 0.296. The first kappa shape index (κ1) is 23.9. The lowest BCUT2D eigenvalue weighted by Gasteiger charge is -2.37. The van der Waals surface area contributed by atoms with Gasteiger partial charge in [-0.3, -0.25) is 9.59 Å². The first-order valence-corrected chi connectivity index (χ1v) is 11.2. The molecule has 0 fully saturated rings. The van der Waals surface area contributed by atoms with E-state index < -0.39 is 5.92 Å². The summed E-state index contributed by atoms with van der Waals surface area (Å²) in [7, 11) is 1.57. The van der Waals surface area contributed by atoms with Gasteiger partial charge in [0.2, 0.25) is 5.88 Å². The number of allylic oxidation sites excluding steroid dienone is 3. The lowest BCUT2D eigenvalue weighted by molar-refractivity contribution is -0.119. The summed E-state index contributed by atoms with van der Waals surface area (Å²) in [6, 6.07) is 16.1. The molecule has 0 aromatic heterocycles. The Kier molecular flexibility index (Phi) is 6.52. The molecule has 4 rings (SSSR count). The maximum atomic E-state index is 13.1. The van der Waals surface area contributed by atoms with Gasteiger partial charge in [-0.1, -0.05) is 26.0 Å². The molecule has 180 valence electrons. The van der Waals surface area contributed by atoms with Crippen LogP contribution in [-0.4, -0.2) is 25.4 Å². The fourth-order valence-corrected chi connectivity index (χ4v) is 4.42. The summed E-state index contributed by atoms with van der Waals surface area (Å²) < 4.78 is 16.6. The maximum Gasteiger partial charge on any atom is 0.262 e. The Hall–Kier alpha value is -4.25. The van der Waals surface area contributed by atoms with Crippen molar-refractivity contribution in [1.82, 2.24) is 0 Å². The molecule has 8 heteroatoms. The summed E-state index contributed by atoms with van der Waals surface area (Å²) in [6.45, 7) is 3.78. The van der Waals surface area contributed by atoms with Crippen molar-refractivity contribution in [3.8, 4) is 17.6 Å². The highest BCUT2D eigenvalue weighted by atomic mass is 16.5. The molecular weight excluding hydrogens is 446 g/mol. The number of nitrogens with one attached hydrogen (secondary N) is 1. The fourth-order valence-electron chi connectivity index (χ4n) is 4.42. The predicted octanol–water partition coefficient (Wildman–Crippen LogP) is 4.16. The van der Waals surface area contributed by atoms with E-state index in [9.17, 15) is 14.9 Å². The number of carbonyl (C=O) groups excluding carboxylic acids is 2. The van der Waals surface area contributed by atoms with Crippen LogP contribution in [0.1, 0.15) is 38.2 Å². The van der Waals surface area contributed by atoms with Crippen molar-refractivity contribution in [1.29, 1.82) is 5.26 Å². The molecule has 1 unspecified atom stereocenters. The molecule has 1 heterocycles. The molecule has 1 aliphatic carbocycles. The largest absolute Gasteiger partial charge is 0.497 e. The first-order chi connectivity index (χ1) is 16.7. The zero-order valence-electron chi connectivity index (χ0n) is 19.9. The van der Waals surface area contributed by atoms with Gasteiger partial charge in [-0.25, -0.2) is 0 Å². The Labute approximate surface area is 204 Å². The summed E-state index contributed by atoms with van der Waals surface area (Å²) in [5, 5.41) is 12.6. The van der Waals surface area contributed by atoms with Crippen LogP contribution in [0.3, 0.4) is 0 Å². The number of anilines is 1. The Bertz CT molecular complexity index is 1270. The van der Waals surface area contributed by atoms with Gasteiger partial charge in [-0.2, -0.15) is 5.26 Å². The number of nitrogens with zero attached hydrogens (tertiary/aromatic N) is 1. The van der Waals surface area contributed by atoms with Crippen LogP contribution < -0.4 is 20.5 Å². The highest BCUT2D eigenvalue weighted by Crippen LogP contribution is 2.48. The van der Waals surface area contributed by atoms with Gasteiger partial charge in [-0.05, 0) is 47.4 Å². The maximum absolute atomic E-state index is 13.1. The Balaban J connectivity index is 1.54. The molecule has 0 spiro atoms. The van der Waals surface area contributed by atoms with Crippen molar-refractivity contribution < 1.29 is 23.8 Å². The van der Waals surface area contributed by atoms with E-state index in [0.717, 1.165) is 0 Å². The number of carbonyl (C=O) groups is 2. The quantitative estimate of drug-likeness (QED) is 0.645. The number of hydrogen-bond donors (Lipinski definition) is 2. The number of amides is 1. The van der Waals surface area contributed by atoms with Gasteiger partial charge in [-0.15, -0.1) is 0 Å². The molecule has 1 aliphatic heterocycles. The second-order valence-electron chi connectivity index (χ2n) is 9.34. The van der Waals surface area contributed by atoms with Gasteiger partial charge in [0.25, 0.3) is 5.91 Å². The lowest BCUT2D eigenvalue weighted by atomic mass is 9.70. The normalized spacial score (nSPS) is 18.8. The molecule has 3 N–H and O–H groups in total. The predicted molar refractivity (Wildman–Crippen MR) is 129 cm³/mol. The monoisotopic (exact) mass is 473 g/mol. The lowest BCUT2D eigenvalue weighted by Crippen LogP contribution is -2.33. The van der Waals surface area contributed by atoms with Crippen LogP contribution in [0.25, 0.3) is 0 Å². The summed E-state index contributed by atoms with van der Waals surface area (Å²) in [5.74, 6) is 0.595. The average Bonchev–Trinajstić information content (AvgIpc) is 2.82. The molecule has 1 atom stereocenters. The van der Waals surface area contributed by atoms with Crippen LogP contribution in [0.4, 0.5) is 5.69 Å². The molecule has 0 bridgehead atoms. The topological polar surface area (TPSA) is 124 Å². The summed E-state index contributed by atoms with van der Waals surface area (Å²) in [6.07, 6.45) is 0.901. The van der Waals surface area contributed by atoms with E-state index in [-0.39, 0.29) is 35.2 Å². The van der Waals surface area contributed by atoms with Gasteiger partial charge in [0.05, 0.1) is 13.0 Å². The minimum absolute atomic E-state index is 0.00643. The number of rotatable bonds is 6. The first-order valence-electron chi connectivity index (χ1n) is 11.2. The number of nitrogens with two attached hydrogens (primary N) is 1. The van der Waals surface area contributed by atoms with E-state index in [1.54, 1.807) is 49.6 Å². The standard InChI is InChI=1S/C27H27N3O5/c1-27(2)12-21(31)25-22(13-27)35-26(29)20(14-28)24(25)16-5-4-6-19(11-16)34-15-23(32)30-17-7-9-18(33-3)10-8-17/h4-11,24H,12-13,15,29H2,1-3H3,(H,30,32). The molecule has 8 nitrogen and oxygen atoms in total. The summed E-state index contributed by atoms with van der Waals surface area (Å²) in [5.41, 5.74) is 7.76. The van der Waals surface area contributed by atoms with Gasteiger partial charge < -0.3 is 25.3 Å². The third-order valence-electron chi connectivity index (χ3n) is 6.01. The molecule has 0 radical (unpaired) electrons. The van der Waals surface area contributed by atoms with Gasteiger partial charge in [0.15, 0.2) is 12.4 Å². The Morgan fingerprint density at radius 3 is 2.63 bits per heavy atom. The zero-order chi connectivity index (χ0) is 25.2. The average molecular weight is 474 g/mol. The van der Waals surface area contributed by atoms with Crippen LogP contribution in [0.5, 0.6) is 11.5 Å². The summed E-state index contributed by atoms with van der Waals surface area (Å²) >= 11 is 0. The van der Waals surface area contributed by atoms with E-state index >= 15 is 0 Å². The second-order valence-corrected chi connectivity index (χ2v) is 9.34. The molecule has 2 aromatic carbocycles. The van der Waals surface area contributed by atoms with Crippen molar-refractivity contribution in [3.05, 3.63) is 76.9 Å². The second kappa shape index (κ2) is 9.55. The minimum Gasteiger partial charge on any atom is -0.497 e. The van der Waals surface area contributed by atoms with Crippen molar-refractivity contribution in [2.45, 2.75) is 32.6 Å². The van der Waals surface area contributed by atoms with Gasteiger partial charge in [0, 0.05) is 24.1 Å². The molecule has 2 aromatic rings. The molecule has 0 saturated carbocycles. The van der Waals surface area contributed by atoms with E-state index in [1.165, 1.54) is 0 Å². The molecule has 1 amide bonds. The van der Waals surface area contributed by atoms with Crippen LogP contribution in [0.15, 0.2) is 71.3 Å². The Morgan fingerprint density at radius 2 is 1.94 bits per heavy atom. The van der Waals surface area contributed by atoms with Gasteiger partial charge >= 0.3 is 0 Å². The number of hydrogen-bond acceptors (Lipinski definition) is 7. The van der Waals surface area contributed by atoms with Crippen molar-refractivity contribution in [2.24, 2.45) is 11.1 Å². The SMILES string of the molecule is COc1ccc(NC(=O)COc2cccc(C3C(C#N)=C(N)OC4=C3C(=O)CC(C)(C)C4)c2)cc1. The van der Waals surface area contributed by atoms with Crippen LogP contribution in [-0.2, 0) is 14.3 Å². The third kappa shape index (κ3) is 5.14. The van der Waals surface area contributed by atoms with Crippen molar-refractivity contribution in [2.75, 3.05) is 19.0 Å². The number of benzene rings is 2. The Morgan fingerprint density at radius 1 is 1.20 bits per heavy atom. The molecular formula is C27H27N3O5. The number of ether oxygens (including phenoxy) is 3. The van der Waals surface area contributed by atoms with Crippen molar-refractivity contribution in [3.63, 3.8) is 0 Å². The number of methoxy groups -OCH3 is 1.